The van der Waals surface area contributed by atoms with E-state index in [2.05, 4.69) is 0 Å². The Labute approximate surface area is 94.6 Å². The van der Waals surface area contributed by atoms with Crippen LogP contribution in [0.15, 0.2) is 54.6 Å². The number of nitrogens with two attached hydrogens (primary N) is 1. The molecule has 80 valence electrons. The van der Waals surface area contributed by atoms with Gasteiger partial charge in [-0.25, -0.2) is 0 Å². The Morgan fingerprint density at radius 3 is 2.44 bits per heavy atom. The number of nitrogen functional groups attached to an aromatic ring is 1. The monoisotopic (exact) mass is 213 g/mol. The van der Waals surface area contributed by atoms with Crippen LogP contribution in [0, 0.1) is 0 Å². The van der Waals surface area contributed by atoms with Crippen molar-refractivity contribution >= 4 is 18.3 Å². The van der Waals surface area contributed by atoms with E-state index in [9.17, 15) is 5.02 Å². The van der Waals surface area contributed by atoms with Crippen LogP contribution in [0.1, 0.15) is 0 Å². The number of hydrogen-bond acceptors (Lipinski definition) is 3. The van der Waals surface area contributed by atoms with Crippen molar-refractivity contribution in [3.8, 4) is 5.75 Å². The van der Waals surface area contributed by atoms with E-state index >= 15 is 0 Å². The fourth-order valence-corrected chi connectivity index (χ4v) is 1.40. The average Bonchev–Trinajstić information content (AvgIpc) is 2.30. The lowest BCUT2D eigenvalue weighted by molar-refractivity contribution is 0.433. The van der Waals surface area contributed by atoms with Gasteiger partial charge < -0.3 is 15.4 Å². The van der Waals surface area contributed by atoms with Gasteiger partial charge in [0.25, 0.3) is 0 Å². The van der Waals surface area contributed by atoms with Gasteiger partial charge in [0.1, 0.15) is 5.75 Å². The zero-order valence-electron chi connectivity index (χ0n) is 8.71. The molecule has 0 amide bonds. The van der Waals surface area contributed by atoms with Crippen molar-refractivity contribution in [3.05, 3.63) is 54.6 Å². The van der Waals surface area contributed by atoms with Crippen molar-refractivity contribution in [1.82, 2.24) is 0 Å². The molecule has 2 rings (SSSR count). The highest BCUT2D eigenvalue weighted by molar-refractivity contribution is 6.60. The molecular formula is C12H12BNO2. The van der Waals surface area contributed by atoms with Crippen LogP contribution in [0.3, 0.4) is 0 Å². The molecule has 0 heterocycles. The van der Waals surface area contributed by atoms with Gasteiger partial charge in [0.15, 0.2) is 0 Å². The van der Waals surface area contributed by atoms with Crippen molar-refractivity contribution in [3.63, 3.8) is 0 Å². The number of hydrogen-bond donors (Lipinski definition) is 2. The molecule has 0 unspecified atom stereocenters. The summed E-state index contributed by atoms with van der Waals surface area (Å²) in [5.41, 5.74) is 6.93. The van der Waals surface area contributed by atoms with Crippen LogP contribution in [0.4, 0.5) is 5.69 Å². The Hall–Kier alpha value is -1.94. The topological polar surface area (TPSA) is 55.5 Å². The highest BCUT2D eigenvalue weighted by Gasteiger charge is 2.17. The quantitative estimate of drug-likeness (QED) is 0.591. The molecular weight excluding hydrogens is 201 g/mol. The van der Waals surface area contributed by atoms with E-state index in [1.807, 2.05) is 18.2 Å². The summed E-state index contributed by atoms with van der Waals surface area (Å²) in [4.78, 5) is 0. The van der Waals surface area contributed by atoms with Gasteiger partial charge in [0.05, 0.1) is 0 Å². The highest BCUT2D eigenvalue weighted by Crippen LogP contribution is 2.14. The van der Waals surface area contributed by atoms with Crippen LogP contribution in [0.5, 0.6) is 5.75 Å². The second-order valence-corrected chi connectivity index (χ2v) is 3.45. The van der Waals surface area contributed by atoms with Gasteiger partial charge in [-0.2, -0.15) is 0 Å². The minimum Gasteiger partial charge on any atom is -0.532 e. The van der Waals surface area contributed by atoms with Crippen molar-refractivity contribution < 1.29 is 9.68 Å². The zero-order valence-corrected chi connectivity index (χ0v) is 8.71. The summed E-state index contributed by atoms with van der Waals surface area (Å²) in [5, 5.41) is 9.80. The lowest BCUT2D eigenvalue weighted by atomic mass is 9.79. The fourth-order valence-electron chi connectivity index (χ4n) is 1.40. The summed E-state index contributed by atoms with van der Waals surface area (Å²) in [7, 11) is -0.969. The van der Waals surface area contributed by atoms with E-state index in [1.165, 1.54) is 0 Å². The fraction of sp³-hybridized carbons (Fsp3) is 0. The summed E-state index contributed by atoms with van der Waals surface area (Å²) in [6.07, 6.45) is 0. The van der Waals surface area contributed by atoms with Gasteiger partial charge in [0, 0.05) is 11.8 Å². The largest absolute Gasteiger partial charge is 0.560 e. The van der Waals surface area contributed by atoms with E-state index in [1.54, 1.807) is 36.4 Å². The van der Waals surface area contributed by atoms with E-state index in [0.717, 1.165) is 0 Å². The molecule has 0 fully saturated rings. The predicted molar refractivity (Wildman–Crippen MR) is 65.5 cm³/mol. The molecule has 0 saturated carbocycles. The van der Waals surface area contributed by atoms with Crippen LogP contribution in [0.25, 0.3) is 0 Å². The first-order valence-electron chi connectivity index (χ1n) is 5.01. The van der Waals surface area contributed by atoms with E-state index in [-0.39, 0.29) is 0 Å². The van der Waals surface area contributed by atoms with Crippen molar-refractivity contribution in [1.29, 1.82) is 0 Å². The zero-order chi connectivity index (χ0) is 11.4. The van der Waals surface area contributed by atoms with E-state index in [4.69, 9.17) is 10.4 Å². The minimum absolute atomic E-state index is 0.552. The normalized spacial score (nSPS) is 9.81. The molecule has 0 aliphatic rings. The van der Waals surface area contributed by atoms with Crippen LogP contribution in [-0.2, 0) is 0 Å². The molecule has 16 heavy (non-hydrogen) atoms. The Morgan fingerprint density at radius 1 is 1.00 bits per heavy atom. The third-order valence-electron chi connectivity index (χ3n) is 2.19. The first-order valence-corrected chi connectivity index (χ1v) is 5.01. The molecule has 3 N–H and O–H groups in total. The molecule has 4 heteroatoms. The van der Waals surface area contributed by atoms with Crippen LogP contribution >= 0.6 is 0 Å². The third-order valence-corrected chi connectivity index (χ3v) is 2.19. The third kappa shape index (κ3) is 2.55. The lowest BCUT2D eigenvalue weighted by Crippen LogP contribution is -2.36. The minimum atomic E-state index is -0.969. The van der Waals surface area contributed by atoms with Gasteiger partial charge in [-0.3, -0.25) is 0 Å². The summed E-state index contributed by atoms with van der Waals surface area (Å²) >= 11 is 0. The second kappa shape index (κ2) is 4.72. The Bertz CT molecular complexity index is 462. The molecule has 0 aliphatic heterocycles. The first-order chi connectivity index (χ1) is 7.75. The van der Waals surface area contributed by atoms with Gasteiger partial charge in [-0.15, -0.1) is 0 Å². The van der Waals surface area contributed by atoms with Gasteiger partial charge in [0.2, 0.25) is 0 Å². The van der Waals surface area contributed by atoms with Gasteiger partial charge >= 0.3 is 7.12 Å². The van der Waals surface area contributed by atoms with Crippen LogP contribution in [0.2, 0.25) is 0 Å². The Balaban J connectivity index is 2.11. The highest BCUT2D eigenvalue weighted by atomic mass is 16.5. The number of anilines is 1. The molecule has 0 saturated heterocycles. The molecule has 0 aromatic heterocycles. The maximum absolute atomic E-state index is 9.80. The number of rotatable bonds is 3. The molecule has 3 nitrogen and oxygen atoms in total. The Morgan fingerprint density at radius 2 is 1.75 bits per heavy atom. The maximum Gasteiger partial charge on any atom is 0.560 e. The van der Waals surface area contributed by atoms with Crippen LogP contribution < -0.4 is 15.9 Å². The van der Waals surface area contributed by atoms with Crippen molar-refractivity contribution in [2.24, 2.45) is 0 Å². The van der Waals surface area contributed by atoms with Crippen LogP contribution in [-0.4, -0.2) is 12.1 Å². The van der Waals surface area contributed by atoms with Crippen molar-refractivity contribution in [2.75, 3.05) is 5.73 Å². The summed E-state index contributed by atoms with van der Waals surface area (Å²) in [6.45, 7) is 0. The first kappa shape index (κ1) is 10.6. The van der Waals surface area contributed by atoms with Gasteiger partial charge in [-0.1, -0.05) is 36.4 Å². The molecule has 0 radical (unpaired) electrons. The molecule has 0 bridgehead atoms. The summed E-state index contributed by atoms with van der Waals surface area (Å²) in [5.74, 6) is 0.552. The summed E-state index contributed by atoms with van der Waals surface area (Å²) < 4.78 is 5.36. The van der Waals surface area contributed by atoms with Gasteiger partial charge in [-0.05, 0) is 17.6 Å². The molecule has 2 aromatic carbocycles. The second-order valence-electron chi connectivity index (χ2n) is 3.45. The molecule has 0 aliphatic carbocycles. The SMILES string of the molecule is Nc1cccc(OB(O)c2ccccc2)c1. The van der Waals surface area contributed by atoms with E-state index < -0.39 is 7.12 Å². The molecule has 0 spiro atoms. The lowest BCUT2D eigenvalue weighted by Gasteiger charge is -2.10. The average molecular weight is 213 g/mol. The summed E-state index contributed by atoms with van der Waals surface area (Å²) in [6, 6.07) is 16.2. The molecule has 2 aromatic rings. The predicted octanol–water partition coefficient (Wildman–Crippen LogP) is 1.04. The maximum atomic E-state index is 9.80. The smallest absolute Gasteiger partial charge is 0.532 e. The molecule has 0 atom stereocenters. The number of benzene rings is 2. The van der Waals surface area contributed by atoms with Crippen molar-refractivity contribution in [2.45, 2.75) is 0 Å². The Kier molecular flexibility index (Phi) is 3.12. The van der Waals surface area contributed by atoms with E-state index in [0.29, 0.717) is 16.9 Å². The standard InChI is InChI=1S/C12H12BNO2/c14-11-7-4-8-12(9-11)16-13(15)10-5-2-1-3-6-10/h1-9,15H,14H2.